The molecule has 0 aliphatic heterocycles. The first-order valence-corrected chi connectivity index (χ1v) is 8.08. The lowest BCUT2D eigenvalue weighted by atomic mass is 9.89. The van der Waals surface area contributed by atoms with Crippen molar-refractivity contribution in [2.24, 2.45) is 5.92 Å². The summed E-state index contributed by atoms with van der Waals surface area (Å²) in [5.74, 6) is 0.830. The number of aliphatic hydroxyl groups is 1. The van der Waals surface area contributed by atoms with E-state index >= 15 is 0 Å². The summed E-state index contributed by atoms with van der Waals surface area (Å²) >= 11 is 0. The van der Waals surface area contributed by atoms with E-state index in [9.17, 15) is 5.11 Å². The van der Waals surface area contributed by atoms with Gasteiger partial charge in [-0.3, -0.25) is 4.98 Å². The monoisotopic (exact) mass is 292 g/mol. The normalized spacial score (nSPS) is 25.5. The molecule has 0 amide bonds. The van der Waals surface area contributed by atoms with Gasteiger partial charge >= 0.3 is 0 Å². The maximum Gasteiger partial charge on any atom is 0.0898 e. The summed E-state index contributed by atoms with van der Waals surface area (Å²) < 4.78 is 5.83. The minimum absolute atomic E-state index is 0.184. The van der Waals surface area contributed by atoms with Crippen molar-refractivity contribution < 1.29 is 9.84 Å². The van der Waals surface area contributed by atoms with Crippen LogP contribution in [0.4, 0.5) is 0 Å². The highest BCUT2D eigenvalue weighted by Crippen LogP contribution is 2.25. The van der Waals surface area contributed by atoms with Gasteiger partial charge in [-0.2, -0.15) is 0 Å². The summed E-state index contributed by atoms with van der Waals surface area (Å²) in [5.41, 5.74) is 1.13. The highest BCUT2D eigenvalue weighted by molar-refractivity contribution is 5.12. The van der Waals surface area contributed by atoms with Gasteiger partial charge in [0.05, 0.1) is 18.8 Å². The minimum atomic E-state index is -0.455. The zero-order valence-electron chi connectivity index (χ0n) is 13.2. The summed E-state index contributed by atoms with van der Waals surface area (Å²) in [7, 11) is 0. The van der Waals surface area contributed by atoms with Crippen molar-refractivity contribution in [2.75, 3.05) is 13.2 Å². The fourth-order valence-corrected chi connectivity index (χ4v) is 2.77. The maximum absolute atomic E-state index is 10.0. The Labute approximate surface area is 127 Å². The topological polar surface area (TPSA) is 54.4 Å². The van der Waals surface area contributed by atoms with E-state index in [-0.39, 0.29) is 6.04 Å². The number of ether oxygens (including phenoxy) is 1. The van der Waals surface area contributed by atoms with Gasteiger partial charge in [0, 0.05) is 25.0 Å². The van der Waals surface area contributed by atoms with Crippen LogP contribution in [0.15, 0.2) is 24.5 Å². The third-order valence-corrected chi connectivity index (χ3v) is 4.33. The molecular weight excluding hydrogens is 264 g/mol. The number of aromatic nitrogens is 1. The molecule has 0 spiro atoms. The molecule has 1 aliphatic rings. The van der Waals surface area contributed by atoms with Crippen LogP contribution in [0, 0.1) is 5.92 Å². The average molecular weight is 292 g/mol. The van der Waals surface area contributed by atoms with Gasteiger partial charge in [0.2, 0.25) is 0 Å². The molecule has 0 bridgehead atoms. The molecule has 2 atom stereocenters. The first kappa shape index (κ1) is 16.4. The van der Waals surface area contributed by atoms with E-state index in [1.165, 1.54) is 12.8 Å². The van der Waals surface area contributed by atoms with Crippen molar-refractivity contribution in [3.63, 3.8) is 0 Å². The average Bonchev–Trinajstić information content (AvgIpc) is 2.53. The largest absolute Gasteiger partial charge is 0.389 e. The molecule has 0 radical (unpaired) electrons. The zero-order valence-corrected chi connectivity index (χ0v) is 13.2. The van der Waals surface area contributed by atoms with E-state index in [0.717, 1.165) is 24.3 Å². The molecule has 1 aromatic rings. The molecule has 2 rings (SSSR count). The Balaban J connectivity index is 1.62. The first-order chi connectivity index (χ1) is 10.1. The fourth-order valence-electron chi connectivity index (χ4n) is 2.77. The molecule has 4 nitrogen and oxygen atoms in total. The van der Waals surface area contributed by atoms with Crippen LogP contribution in [0.2, 0.25) is 0 Å². The summed E-state index contributed by atoms with van der Waals surface area (Å²) in [6, 6.07) is 4.15. The molecule has 1 fully saturated rings. The molecule has 4 heteroatoms. The molecule has 1 heterocycles. The maximum atomic E-state index is 10.0. The number of nitrogens with zero attached hydrogens (tertiary/aromatic N) is 1. The summed E-state index contributed by atoms with van der Waals surface area (Å²) in [5, 5.41) is 13.3. The van der Waals surface area contributed by atoms with Crippen molar-refractivity contribution in [3.05, 3.63) is 30.1 Å². The fraction of sp³-hybridized carbons (Fsp3) is 0.706. The molecule has 1 aliphatic carbocycles. The van der Waals surface area contributed by atoms with Gasteiger partial charge in [-0.1, -0.05) is 13.0 Å². The SMILES string of the molecule is CC1CCC(OCC(O)CNC(C)c2cccnc2)CC1. The van der Waals surface area contributed by atoms with E-state index < -0.39 is 6.10 Å². The van der Waals surface area contributed by atoms with Crippen LogP contribution >= 0.6 is 0 Å². The predicted molar refractivity (Wildman–Crippen MR) is 84.0 cm³/mol. The van der Waals surface area contributed by atoms with Gasteiger partial charge in [-0.05, 0) is 50.2 Å². The second kappa shape index (κ2) is 8.47. The Morgan fingerprint density at radius 2 is 2.14 bits per heavy atom. The first-order valence-electron chi connectivity index (χ1n) is 8.08. The van der Waals surface area contributed by atoms with Crippen molar-refractivity contribution in [3.8, 4) is 0 Å². The van der Waals surface area contributed by atoms with Crippen molar-refractivity contribution in [1.29, 1.82) is 0 Å². The Kier molecular flexibility index (Phi) is 6.61. The van der Waals surface area contributed by atoms with Crippen LogP contribution in [0.5, 0.6) is 0 Å². The standard InChI is InChI=1S/C17H28N2O2/c1-13-5-7-17(8-6-13)21-12-16(20)11-19-14(2)15-4-3-9-18-10-15/h3-4,9-10,13-14,16-17,19-20H,5-8,11-12H2,1-2H3. The summed E-state index contributed by atoms with van der Waals surface area (Å²) in [6.07, 6.45) is 8.26. The number of hydrogen-bond acceptors (Lipinski definition) is 4. The highest BCUT2D eigenvalue weighted by Gasteiger charge is 2.19. The number of hydrogen-bond donors (Lipinski definition) is 2. The number of rotatable bonds is 7. The van der Waals surface area contributed by atoms with Gasteiger partial charge in [-0.15, -0.1) is 0 Å². The van der Waals surface area contributed by atoms with Crippen LogP contribution in [0.25, 0.3) is 0 Å². The zero-order chi connectivity index (χ0) is 15.1. The van der Waals surface area contributed by atoms with E-state index in [1.54, 1.807) is 6.20 Å². The smallest absolute Gasteiger partial charge is 0.0898 e. The van der Waals surface area contributed by atoms with Crippen molar-refractivity contribution in [1.82, 2.24) is 10.3 Å². The van der Waals surface area contributed by atoms with Crippen LogP contribution < -0.4 is 5.32 Å². The van der Waals surface area contributed by atoms with E-state index in [2.05, 4.69) is 24.1 Å². The highest BCUT2D eigenvalue weighted by atomic mass is 16.5. The molecule has 2 unspecified atom stereocenters. The summed E-state index contributed by atoms with van der Waals surface area (Å²) in [4.78, 5) is 4.11. The van der Waals surface area contributed by atoms with Crippen LogP contribution in [-0.4, -0.2) is 35.5 Å². The lowest BCUT2D eigenvalue weighted by Crippen LogP contribution is -2.34. The van der Waals surface area contributed by atoms with E-state index in [4.69, 9.17) is 4.74 Å². The molecule has 21 heavy (non-hydrogen) atoms. The van der Waals surface area contributed by atoms with Gasteiger partial charge in [0.1, 0.15) is 0 Å². The van der Waals surface area contributed by atoms with Gasteiger partial charge in [0.15, 0.2) is 0 Å². The quantitative estimate of drug-likeness (QED) is 0.811. The van der Waals surface area contributed by atoms with Crippen LogP contribution in [0.3, 0.4) is 0 Å². The lowest BCUT2D eigenvalue weighted by Gasteiger charge is -2.27. The van der Waals surface area contributed by atoms with Crippen molar-refractivity contribution in [2.45, 2.75) is 57.8 Å². The van der Waals surface area contributed by atoms with Gasteiger partial charge in [0.25, 0.3) is 0 Å². The molecule has 0 aromatic carbocycles. The molecule has 118 valence electrons. The van der Waals surface area contributed by atoms with E-state index in [0.29, 0.717) is 19.3 Å². The second-order valence-corrected chi connectivity index (χ2v) is 6.29. The van der Waals surface area contributed by atoms with Crippen LogP contribution in [0.1, 0.15) is 51.1 Å². The minimum Gasteiger partial charge on any atom is -0.389 e. The van der Waals surface area contributed by atoms with Gasteiger partial charge < -0.3 is 15.2 Å². The van der Waals surface area contributed by atoms with Crippen LogP contribution in [-0.2, 0) is 4.74 Å². The number of nitrogens with one attached hydrogen (secondary N) is 1. The molecule has 1 aromatic heterocycles. The number of pyridine rings is 1. The van der Waals surface area contributed by atoms with E-state index in [1.807, 2.05) is 18.3 Å². The number of aliphatic hydroxyl groups excluding tert-OH is 1. The second-order valence-electron chi connectivity index (χ2n) is 6.29. The van der Waals surface area contributed by atoms with Gasteiger partial charge in [-0.25, -0.2) is 0 Å². The van der Waals surface area contributed by atoms with Crippen molar-refractivity contribution >= 4 is 0 Å². The molecular formula is C17H28N2O2. The lowest BCUT2D eigenvalue weighted by molar-refractivity contribution is -0.0283. The predicted octanol–water partition coefficient (Wildman–Crippen LogP) is 2.69. The Morgan fingerprint density at radius 3 is 2.81 bits per heavy atom. The Bertz CT molecular complexity index is 391. The molecule has 1 saturated carbocycles. The summed E-state index contributed by atoms with van der Waals surface area (Å²) in [6.45, 7) is 5.34. The Morgan fingerprint density at radius 1 is 1.38 bits per heavy atom. The molecule has 2 N–H and O–H groups in total. The third kappa shape index (κ3) is 5.73. The Hall–Kier alpha value is -0.970. The molecule has 0 saturated heterocycles. The third-order valence-electron chi connectivity index (χ3n) is 4.33.